The Hall–Kier alpha value is -0.840. The van der Waals surface area contributed by atoms with Crippen molar-refractivity contribution < 1.29 is 14.3 Å². The van der Waals surface area contributed by atoms with E-state index in [0.717, 1.165) is 12.8 Å². The fourth-order valence-electron chi connectivity index (χ4n) is 2.04. The summed E-state index contributed by atoms with van der Waals surface area (Å²) in [5, 5.41) is 11.9. The summed E-state index contributed by atoms with van der Waals surface area (Å²) in [6, 6.07) is -0.352. The third-order valence-corrected chi connectivity index (χ3v) is 2.89. The number of carbonyl (C=O) groups is 1. The molecule has 0 aromatic carbocycles. The summed E-state index contributed by atoms with van der Waals surface area (Å²) in [7, 11) is 0. The minimum Gasteiger partial charge on any atom is -0.465 e. The van der Waals surface area contributed by atoms with E-state index in [0.29, 0.717) is 13.0 Å². The molecule has 0 radical (unpaired) electrons. The van der Waals surface area contributed by atoms with Crippen LogP contribution in [0.2, 0.25) is 0 Å². The summed E-state index contributed by atoms with van der Waals surface area (Å²) in [6.45, 7) is 0.989. The average Bonchev–Trinajstić information content (AvgIpc) is 2.92. The number of amides is 1. The molecule has 0 aromatic rings. The van der Waals surface area contributed by atoms with Crippen molar-refractivity contribution in [3.8, 4) is 0 Å². The Morgan fingerprint density at radius 1 is 1.43 bits per heavy atom. The van der Waals surface area contributed by atoms with Gasteiger partial charge in [0.15, 0.2) is 0 Å². The quantitative estimate of drug-likeness (QED) is 0.697. The maximum absolute atomic E-state index is 13.5. The molecule has 0 bridgehead atoms. The number of hydrogen-bond donors (Lipinski definition) is 2. The molecule has 2 aliphatic rings. The van der Waals surface area contributed by atoms with Crippen LogP contribution in [0.5, 0.6) is 0 Å². The molecule has 1 saturated carbocycles. The first-order chi connectivity index (χ1) is 6.70. The van der Waals surface area contributed by atoms with Gasteiger partial charge in [-0.2, -0.15) is 0 Å². The van der Waals surface area contributed by atoms with Crippen LogP contribution in [-0.2, 0) is 0 Å². The zero-order chi connectivity index (χ0) is 10.1. The van der Waals surface area contributed by atoms with Crippen molar-refractivity contribution in [2.75, 3.05) is 13.1 Å². The summed E-state index contributed by atoms with van der Waals surface area (Å²) in [6.07, 6.45) is 0.345. The molecule has 1 heterocycles. The van der Waals surface area contributed by atoms with Gasteiger partial charge in [0.05, 0.1) is 6.04 Å². The Balaban J connectivity index is 2.04. The van der Waals surface area contributed by atoms with E-state index < -0.39 is 18.3 Å². The van der Waals surface area contributed by atoms with Gasteiger partial charge in [0, 0.05) is 12.6 Å². The standard InChI is InChI=1S/C9H15FN2O2/c10-7-5-11-4-3-8(7)12(9(13)14)6-1-2-6/h6-8,11H,1-5H2,(H,13,14)/t7-,8+/m1/s1. The summed E-state index contributed by atoms with van der Waals surface area (Å²) < 4.78 is 13.5. The van der Waals surface area contributed by atoms with E-state index in [4.69, 9.17) is 5.11 Å². The minimum absolute atomic E-state index is 0.0776. The smallest absolute Gasteiger partial charge is 0.407 e. The fourth-order valence-corrected chi connectivity index (χ4v) is 2.04. The van der Waals surface area contributed by atoms with Crippen LogP contribution < -0.4 is 5.32 Å². The molecule has 1 aliphatic heterocycles. The molecule has 0 unspecified atom stereocenters. The number of halogens is 1. The van der Waals surface area contributed by atoms with Gasteiger partial charge in [-0.05, 0) is 25.8 Å². The van der Waals surface area contributed by atoms with Gasteiger partial charge in [-0.1, -0.05) is 0 Å². The molecule has 0 spiro atoms. The van der Waals surface area contributed by atoms with Crippen LogP contribution >= 0.6 is 0 Å². The molecular formula is C9H15FN2O2. The van der Waals surface area contributed by atoms with Gasteiger partial charge in [-0.25, -0.2) is 9.18 Å². The number of alkyl halides is 1. The lowest BCUT2D eigenvalue weighted by Crippen LogP contribution is -2.53. The summed E-state index contributed by atoms with van der Waals surface area (Å²) in [5.41, 5.74) is 0. The van der Waals surface area contributed by atoms with E-state index in [-0.39, 0.29) is 12.6 Å². The Morgan fingerprint density at radius 3 is 2.64 bits per heavy atom. The van der Waals surface area contributed by atoms with Crippen molar-refractivity contribution in [3.05, 3.63) is 0 Å². The van der Waals surface area contributed by atoms with Gasteiger partial charge in [0.1, 0.15) is 6.17 Å². The molecule has 4 nitrogen and oxygen atoms in total. The fraction of sp³-hybridized carbons (Fsp3) is 0.889. The Kier molecular flexibility index (Phi) is 2.58. The maximum Gasteiger partial charge on any atom is 0.407 e. The number of nitrogens with one attached hydrogen (secondary N) is 1. The first-order valence-corrected chi connectivity index (χ1v) is 5.06. The van der Waals surface area contributed by atoms with E-state index in [2.05, 4.69) is 5.32 Å². The molecule has 5 heteroatoms. The highest BCUT2D eigenvalue weighted by Crippen LogP contribution is 2.31. The number of carboxylic acid groups (broad SMARTS) is 1. The van der Waals surface area contributed by atoms with Crippen molar-refractivity contribution >= 4 is 6.09 Å². The van der Waals surface area contributed by atoms with Crippen LogP contribution in [0.25, 0.3) is 0 Å². The van der Waals surface area contributed by atoms with Crippen molar-refractivity contribution in [1.29, 1.82) is 0 Å². The zero-order valence-electron chi connectivity index (χ0n) is 7.95. The van der Waals surface area contributed by atoms with Gasteiger partial charge in [0.2, 0.25) is 0 Å². The first kappa shape index (κ1) is 9.71. The third-order valence-electron chi connectivity index (χ3n) is 2.89. The third kappa shape index (κ3) is 1.82. The number of piperidine rings is 1. The molecule has 2 fully saturated rings. The lowest BCUT2D eigenvalue weighted by atomic mass is 10.0. The summed E-state index contributed by atoms with van der Waals surface area (Å²) in [4.78, 5) is 12.3. The van der Waals surface area contributed by atoms with E-state index >= 15 is 0 Å². The topological polar surface area (TPSA) is 52.6 Å². The van der Waals surface area contributed by atoms with E-state index in [9.17, 15) is 9.18 Å². The zero-order valence-corrected chi connectivity index (χ0v) is 7.95. The van der Waals surface area contributed by atoms with Gasteiger partial charge in [0.25, 0.3) is 0 Å². The van der Waals surface area contributed by atoms with Gasteiger partial charge in [-0.15, -0.1) is 0 Å². The van der Waals surface area contributed by atoms with Gasteiger partial charge in [-0.3, -0.25) is 4.90 Å². The van der Waals surface area contributed by atoms with Crippen LogP contribution in [0.15, 0.2) is 0 Å². The molecular weight excluding hydrogens is 187 g/mol. The van der Waals surface area contributed by atoms with E-state index in [1.54, 1.807) is 0 Å². The highest BCUT2D eigenvalue weighted by atomic mass is 19.1. The highest BCUT2D eigenvalue weighted by molar-refractivity contribution is 5.66. The molecule has 1 amide bonds. The van der Waals surface area contributed by atoms with Gasteiger partial charge >= 0.3 is 6.09 Å². The first-order valence-electron chi connectivity index (χ1n) is 5.06. The summed E-state index contributed by atoms with van der Waals surface area (Å²) in [5.74, 6) is 0. The Bertz CT molecular complexity index is 233. The van der Waals surface area contributed by atoms with E-state index in [1.807, 2.05) is 0 Å². The second-order valence-electron chi connectivity index (χ2n) is 4.00. The summed E-state index contributed by atoms with van der Waals surface area (Å²) >= 11 is 0. The normalized spacial score (nSPS) is 32.6. The second kappa shape index (κ2) is 3.73. The number of nitrogens with zero attached hydrogens (tertiary/aromatic N) is 1. The Morgan fingerprint density at radius 2 is 2.14 bits per heavy atom. The molecule has 80 valence electrons. The van der Waals surface area contributed by atoms with Crippen molar-refractivity contribution in [2.45, 2.75) is 37.5 Å². The second-order valence-corrected chi connectivity index (χ2v) is 4.00. The van der Waals surface area contributed by atoms with Crippen LogP contribution in [0, 0.1) is 0 Å². The predicted molar refractivity (Wildman–Crippen MR) is 49.1 cm³/mol. The molecule has 1 saturated heterocycles. The maximum atomic E-state index is 13.5. The lowest BCUT2D eigenvalue weighted by Gasteiger charge is -2.35. The molecule has 1 aliphatic carbocycles. The van der Waals surface area contributed by atoms with Crippen molar-refractivity contribution in [1.82, 2.24) is 10.2 Å². The molecule has 2 rings (SSSR count). The van der Waals surface area contributed by atoms with Crippen molar-refractivity contribution in [2.24, 2.45) is 0 Å². The predicted octanol–water partition coefficient (Wildman–Crippen LogP) is 0.829. The highest BCUT2D eigenvalue weighted by Gasteiger charge is 2.41. The van der Waals surface area contributed by atoms with Gasteiger partial charge < -0.3 is 10.4 Å². The van der Waals surface area contributed by atoms with Crippen LogP contribution in [-0.4, -0.2) is 47.4 Å². The van der Waals surface area contributed by atoms with Crippen LogP contribution in [0.1, 0.15) is 19.3 Å². The molecule has 2 N–H and O–H groups in total. The van der Waals surface area contributed by atoms with Crippen LogP contribution in [0.3, 0.4) is 0 Å². The minimum atomic E-state index is -1.06. The SMILES string of the molecule is O=C(O)N(C1CC1)[C@H]1CCNC[C@H]1F. The molecule has 14 heavy (non-hydrogen) atoms. The van der Waals surface area contributed by atoms with Crippen molar-refractivity contribution in [3.63, 3.8) is 0 Å². The largest absolute Gasteiger partial charge is 0.465 e. The van der Waals surface area contributed by atoms with E-state index in [1.165, 1.54) is 4.90 Å². The average molecular weight is 202 g/mol. The van der Waals surface area contributed by atoms with Crippen LogP contribution in [0.4, 0.5) is 9.18 Å². The molecule has 0 aromatic heterocycles. The number of hydrogen-bond acceptors (Lipinski definition) is 2. The molecule has 2 atom stereocenters. The number of rotatable bonds is 2. The monoisotopic (exact) mass is 202 g/mol. The lowest BCUT2D eigenvalue weighted by molar-refractivity contribution is 0.0697. The Labute approximate surface area is 82.1 Å².